The third-order valence-corrected chi connectivity index (χ3v) is 2.76. The molecular formula is C12H20N6O. The summed E-state index contributed by atoms with van der Waals surface area (Å²) in [5.74, 6) is 1.89. The van der Waals surface area contributed by atoms with Crippen molar-refractivity contribution < 1.29 is 4.52 Å². The van der Waals surface area contributed by atoms with Crippen molar-refractivity contribution in [1.82, 2.24) is 25.1 Å². The van der Waals surface area contributed by atoms with E-state index in [1.165, 1.54) is 0 Å². The Labute approximate surface area is 112 Å². The van der Waals surface area contributed by atoms with Crippen LogP contribution in [0, 0.1) is 0 Å². The van der Waals surface area contributed by atoms with Gasteiger partial charge in [0.2, 0.25) is 5.89 Å². The summed E-state index contributed by atoms with van der Waals surface area (Å²) >= 11 is 0. The first kappa shape index (κ1) is 13.5. The van der Waals surface area contributed by atoms with E-state index in [1.807, 2.05) is 13.8 Å². The Morgan fingerprint density at radius 1 is 1.32 bits per heavy atom. The molecule has 2 aromatic heterocycles. The molecule has 0 fully saturated rings. The number of nitrogen functional groups attached to an aromatic ring is 1. The lowest BCUT2D eigenvalue weighted by atomic mass is 9.92. The maximum Gasteiger partial charge on any atom is 0.248 e. The quantitative estimate of drug-likeness (QED) is 0.906. The molecule has 0 saturated heterocycles. The van der Waals surface area contributed by atoms with E-state index in [1.54, 1.807) is 4.68 Å². The highest BCUT2D eigenvalue weighted by Gasteiger charge is 2.25. The summed E-state index contributed by atoms with van der Waals surface area (Å²) < 4.78 is 6.93. The number of hydrogen-bond acceptors (Lipinski definition) is 6. The topological polar surface area (TPSA) is 95.7 Å². The summed E-state index contributed by atoms with van der Waals surface area (Å²) in [6, 6.07) is 0. The summed E-state index contributed by atoms with van der Waals surface area (Å²) in [7, 11) is 0. The molecular weight excluding hydrogens is 244 g/mol. The predicted molar refractivity (Wildman–Crippen MR) is 70.6 cm³/mol. The fourth-order valence-corrected chi connectivity index (χ4v) is 1.90. The highest BCUT2D eigenvalue weighted by molar-refractivity contribution is 5.38. The Bertz CT molecular complexity index is 563. The van der Waals surface area contributed by atoms with Crippen LogP contribution in [0.5, 0.6) is 0 Å². The first-order valence-electron chi connectivity index (χ1n) is 6.31. The van der Waals surface area contributed by atoms with Crippen LogP contribution in [0.15, 0.2) is 4.52 Å². The largest absolute Gasteiger partial charge is 0.381 e. The summed E-state index contributed by atoms with van der Waals surface area (Å²) in [4.78, 5) is 4.33. The van der Waals surface area contributed by atoms with Crippen molar-refractivity contribution in [3.63, 3.8) is 0 Å². The molecule has 0 atom stereocenters. The molecule has 0 aliphatic carbocycles. The number of nitrogens with two attached hydrogens (primary N) is 1. The van der Waals surface area contributed by atoms with Gasteiger partial charge in [0, 0.05) is 11.3 Å². The molecule has 2 rings (SSSR count). The second-order valence-electron chi connectivity index (χ2n) is 5.93. The zero-order valence-corrected chi connectivity index (χ0v) is 12.0. The van der Waals surface area contributed by atoms with E-state index in [2.05, 4.69) is 41.2 Å². The van der Waals surface area contributed by atoms with Crippen LogP contribution in [0.3, 0.4) is 0 Å². The molecule has 0 bridgehead atoms. The number of hydrogen-bond donors (Lipinski definition) is 1. The standard InChI is InChI=1S/C12H20N6O/c1-7(2)11-14-8(19-16-11)6-18-9(12(3,4)5)10(13)15-17-18/h7H,6,13H2,1-5H3. The van der Waals surface area contributed by atoms with Crippen LogP contribution in [0.4, 0.5) is 5.82 Å². The summed E-state index contributed by atoms with van der Waals surface area (Å²) in [6.45, 7) is 10.6. The van der Waals surface area contributed by atoms with Crippen molar-refractivity contribution in [2.24, 2.45) is 0 Å². The van der Waals surface area contributed by atoms with Gasteiger partial charge in [0.15, 0.2) is 11.6 Å². The summed E-state index contributed by atoms with van der Waals surface area (Å²) in [5, 5.41) is 11.9. The average molecular weight is 264 g/mol. The lowest BCUT2D eigenvalue weighted by molar-refractivity contribution is 0.352. The molecule has 0 unspecified atom stereocenters. The first-order valence-corrected chi connectivity index (χ1v) is 6.31. The van der Waals surface area contributed by atoms with Gasteiger partial charge in [-0.1, -0.05) is 45.0 Å². The van der Waals surface area contributed by atoms with Crippen LogP contribution < -0.4 is 5.73 Å². The minimum atomic E-state index is -0.144. The fraction of sp³-hybridized carbons (Fsp3) is 0.667. The van der Waals surface area contributed by atoms with Crippen LogP contribution in [0.2, 0.25) is 0 Å². The Hall–Kier alpha value is -1.92. The van der Waals surface area contributed by atoms with Gasteiger partial charge in [-0.15, -0.1) is 5.10 Å². The molecule has 0 spiro atoms. The number of anilines is 1. The van der Waals surface area contributed by atoms with E-state index in [4.69, 9.17) is 10.3 Å². The third-order valence-electron chi connectivity index (χ3n) is 2.76. The van der Waals surface area contributed by atoms with Crippen LogP contribution in [-0.2, 0) is 12.0 Å². The fourth-order valence-electron chi connectivity index (χ4n) is 1.90. The van der Waals surface area contributed by atoms with Crippen LogP contribution in [0.25, 0.3) is 0 Å². The van der Waals surface area contributed by atoms with E-state index in [-0.39, 0.29) is 11.3 Å². The zero-order valence-electron chi connectivity index (χ0n) is 12.0. The predicted octanol–water partition coefficient (Wildman–Crippen LogP) is 1.71. The first-order chi connectivity index (χ1) is 8.79. The highest BCUT2D eigenvalue weighted by Crippen LogP contribution is 2.26. The summed E-state index contributed by atoms with van der Waals surface area (Å²) in [6.07, 6.45) is 0. The second kappa shape index (κ2) is 4.64. The SMILES string of the molecule is CC(C)c1noc(Cn2nnc(N)c2C(C)(C)C)n1. The van der Waals surface area contributed by atoms with Gasteiger partial charge in [0.25, 0.3) is 0 Å². The maximum absolute atomic E-state index is 5.87. The van der Waals surface area contributed by atoms with E-state index < -0.39 is 0 Å². The van der Waals surface area contributed by atoms with Crippen molar-refractivity contribution >= 4 is 5.82 Å². The minimum absolute atomic E-state index is 0.144. The normalized spacial score (nSPS) is 12.3. The molecule has 2 heterocycles. The van der Waals surface area contributed by atoms with Gasteiger partial charge in [-0.25, -0.2) is 4.68 Å². The number of aromatic nitrogens is 5. The van der Waals surface area contributed by atoms with E-state index in [0.717, 1.165) is 5.69 Å². The Morgan fingerprint density at radius 3 is 2.53 bits per heavy atom. The molecule has 104 valence electrons. The number of nitrogens with zero attached hydrogens (tertiary/aromatic N) is 5. The van der Waals surface area contributed by atoms with Crippen molar-refractivity contribution in [3.05, 3.63) is 17.4 Å². The molecule has 2 aromatic rings. The van der Waals surface area contributed by atoms with Crippen molar-refractivity contribution in [2.75, 3.05) is 5.73 Å². The van der Waals surface area contributed by atoms with Crippen molar-refractivity contribution in [3.8, 4) is 0 Å². The third kappa shape index (κ3) is 2.74. The highest BCUT2D eigenvalue weighted by atomic mass is 16.5. The molecule has 0 saturated carbocycles. The van der Waals surface area contributed by atoms with Gasteiger partial charge in [0.1, 0.15) is 6.54 Å². The average Bonchev–Trinajstić information content (AvgIpc) is 2.85. The molecule has 7 heteroatoms. The van der Waals surface area contributed by atoms with Gasteiger partial charge in [-0.2, -0.15) is 4.98 Å². The maximum atomic E-state index is 5.87. The number of rotatable bonds is 3. The monoisotopic (exact) mass is 264 g/mol. The molecule has 0 radical (unpaired) electrons. The van der Waals surface area contributed by atoms with Crippen LogP contribution >= 0.6 is 0 Å². The van der Waals surface area contributed by atoms with Crippen molar-refractivity contribution in [2.45, 2.75) is 52.5 Å². The van der Waals surface area contributed by atoms with Crippen LogP contribution in [-0.4, -0.2) is 25.1 Å². The van der Waals surface area contributed by atoms with Crippen LogP contribution in [0.1, 0.15) is 57.9 Å². The second-order valence-corrected chi connectivity index (χ2v) is 5.93. The Morgan fingerprint density at radius 2 is 2.00 bits per heavy atom. The Kier molecular flexibility index (Phi) is 3.30. The van der Waals surface area contributed by atoms with Gasteiger partial charge in [-0.3, -0.25) is 0 Å². The zero-order chi connectivity index (χ0) is 14.2. The lowest BCUT2D eigenvalue weighted by Crippen LogP contribution is -2.20. The van der Waals surface area contributed by atoms with Gasteiger partial charge in [-0.05, 0) is 0 Å². The van der Waals surface area contributed by atoms with Gasteiger partial charge in [0.05, 0.1) is 5.69 Å². The van der Waals surface area contributed by atoms with Gasteiger partial charge < -0.3 is 10.3 Å². The molecule has 19 heavy (non-hydrogen) atoms. The van der Waals surface area contributed by atoms with E-state index >= 15 is 0 Å². The molecule has 2 N–H and O–H groups in total. The van der Waals surface area contributed by atoms with Crippen molar-refractivity contribution in [1.29, 1.82) is 0 Å². The lowest BCUT2D eigenvalue weighted by Gasteiger charge is -2.19. The molecule has 7 nitrogen and oxygen atoms in total. The minimum Gasteiger partial charge on any atom is -0.381 e. The van der Waals surface area contributed by atoms with E-state index in [9.17, 15) is 0 Å². The summed E-state index contributed by atoms with van der Waals surface area (Å²) in [5.41, 5.74) is 6.60. The Balaban J connectivity index is 2.28. The van der Waals surface area contributed by atoms with Gasteiger partial charge >= 0.3 is 0 Å². The molecule has 0 amide bonds. The smallest absolute Gasteiger partial charge is 0.248 e. The molecule has 0 aromatic carbocycles. The van der Waals surface area contributed by atoms with E-state index in [0.29, 0.717) is 24.1 Å². The molecule has 0 aliphatic rings. The molecule has 0 aliphatic heterocycles.